The molecule has 1 unspecified atom stereocenters. The highest BCUT2D eigenvalue weighted by atomic mass is 32.2. The highest BCUT2D eigenvalue weighted by molar-refractivity contribution is 7.90. The molecule has 16 heavy (non-hydrogen) atoms. The molecule has 2 N–H and O–H groups in total. The Bertz CT molecular complexity index is 423. The quantitative estimate of drug-likeness (QED) is 0.784. The van der Waals surface area contributed by atoms with Crippen LogP contribution in [0.4, 0.5) is 0 Å². The fourth-order valence-corrected chi connectivity index (χ4v) is 3.69. The standard InChI is InChI=1S/C8H15N5O2S/c1-6(8-9-12-13-10-8)11-16(14,15)7-4-2-3-5-7/h6-7,11H,2-5H2,1H3,(H,9,10,12,13). The lowest BCUT2D eigenvalue weighted by atomic mass is 10.4. The maximum absolute atomic E-state index is 11.9. The van der Waals surface area contributed by atoms with E-state index in [0.717, 1.165) is 25.7 Å². The molecule has 1 aromatic rings. The van der Waals surface area contributed by atoms with Crippen LogP contribution in [0.1, 0.15) is 44.5 Å². The van der Waals surface area contributed by atoms with Gasteiger partial charge in [0.25, 0.3) is 0 Å². The van der Waals surface area contributed by atoms with Crippen LogP contribution >= 0.6 is 0 Å². The summed E-state index contributed by atoms with van der Waals surface area (Å²) in [6.45, 7) is 1.71. The molecule has 0 bridgehead atoms. The van der Waals surface area contributed by atoms with Crippen LogP contribution in [-0.4, -0.2) is 34.3 Å². The zero-order chi connectivity index (χ0) is 11.6. The first-order valence-electron chi connectivity index (χ1n) is 5.34. The number of nitrogens with zero attached hydrogens (tertiary/aromatic N) is 3. The third-order valence-corrected chi connectivity index (χ3v) is 4.86. The molecule has 0 aromatic carbocycles. The van der Waals surface area contributed by atoms with E-state index in [-0.39, 0.29) is 5.25 Å². The van der Waals surface area contributed by atoms with Crippen molar-refractivity contribution < 1.29 is 8.42 Å². The number of H-pyrrole nitrogens is 1. The first-order chi connectivity index (χ1) is 7.59. The fourth-order valence-electron chi connectivity index (χ4n) is 1.95. The van der Waals surface area contributed by atoms with E-state index in [1.807, 2.05) is 0 Å². The number of aromatic nitrogens is 4. The normalized spacial score (nSPS) is 20.1. The Kier molecular flexibility index (Phi) is 3.20. The summed E-state index contributed by atoms with van der Waals surface area (Å²) in [4.78, 5) is 0. The number of hydrogen-bond acceptors (Lipinski definition) is 5. The molecule has 1 aliphatic rings. The molecule has 0 radical (unpaired) electrons. The van der Waals surface area contributed by atoms with E-state index in [0.29, 0.717) is 5.82 Å². The molecule has 0 saturated heterocycles. The van der Waals surface area contributed by atoms with E-state index in [1.165, 1.54) is 0 Å². The molecule has 1 aliphatic carbocycles. The lowest BCUT2D eigenvalue weighted by Crippen LogP contribution is -2.34. The van der Waals surface area contributed by atoms with E-state index >= 15 is 0 Å². The molecule has 1 fully saturated rings. The summed E-state index contributed by atoms with van der Waals surface area (Å²) < 4.78 is 26.5. The first-order valence-corrected chi connectivity index (χ1v) is 6.89. The SMILES string of the molecule is CC(NS(=O)(=O)C1CCCC1)c1nn[nH]n1. The average molecular weight is 245 g/mol. The van der Waals surface area contributed by atoms with Crippen molar-refractivity contribution in [1.82, 2.24) is 25.3 Å². The largest absolute Gasteiger partial charge is 0.215 e. The molecule has 8 heteroatoms. The molecule has 1 aromatic heterocycles. The maximum Gasteiger partial charge on any atom is 0.215 e. The first kappa shape index (κ1) is 11.5. The molecule has 7 nitrogen and oxygen atoms in total. The van der Waals surface area contributed by atoms with E-state index < -0.39 is 16.1 Å². The van der Waals surface area contributed by atoms with Crippen LogP contribution in [-0.2, 0) is 10.0 Å². The summed E-state index contributed by atoms with van der Waals surface area (Å²) in [5, 5.41) is 12.9. The highest BCUT2D eigenvalue weighted by Crippen LogP contribution is 2.25. The van der Waals surface area contributed by atoms with Crippen molar-refractivity contribution in [2.75, 3.05) is 0 Å². The van der Waals surface area contributed by atoms with Crippen LogP contribution in [0.2, 0.25) is 0 Å². The lowest BCUT2D eigenvalue weighted by Gasteiger charge is -2.15. The predicted octanol–water partition coefficient (Wildman–Crippen LogP) is 0.123. The van der Waals surface area contributed by atoms with Gasteiger partial charge in [-0.2, -0.15) is 5.21 Å². The Labute approximate surface area is 94.1 Å². The highest BCUT2D eigenvalue weighted by Gasteiger charge is 2.30. The van der Waals surface area contributed by atoms with Crippen LogP contribution in [0, 0.1) is 0 Å². The topological polar surface area (TPSA) is 101 Å². The number of aromatic amines is 1. The Hall–Kier alpha value is -1.02. The number of tetrazole rings is 1. The number of hydrogen-bond donors (Lipinski definition) is 2. The van der Waals surface area contributed by atoms with Crippen LogP contribution in [0.15, 0.2) is 0 Å². The van der Waals surface area contributed by atoms with Crippen molar-refractivity contribution in [1.29, 1.82) is 0 Å². The summed E-state index contributed by atoms with van der Waals surface area (Å²) >= 11 is 0. The minimum atomic E-state index is -3.26. The summed E-state index contributed by atoms with van der Waals surface area (Å²) in [6, 6.07) is -0.440. The average Bonchev–Trinajstić information content (AvgIpc) is 2.91. The van der Waals surface area contributed by atoms with Gasteiger partial charge in [0, 0.05) is 0 Å². The lowest BCUT2D eigenvalue weighted by molar-refractivity contribution is 0.544. The number of sulfonamides is 1. The molecule has 0 spiro atoms. The predicted molar refractivity (Wildman–Crippen MR) is 56.9 cm³/mol. The van der Waals surface area contributed by atoms with Crippen molar-refractivity contribution in [3.05, 3.63) is 5.82 Å². The zero-order valence-corrected chi connectivity index (χ0v) is 9.87. The van der Waals surface area contributed by atoms with E-state index in [1.54, 1.807) is 6.92 Å². The van der Waals surface area contributed by atoms with E-state index in [9.17, 15) is 8.42 Å². The van der Waals surface area contributed by atoms with Gasteiger partial charge in [0.15, 0.2) is 5.82 Å². The van der Waals surface area contributed by atoms with Gasteiger partial charge in [-0.25, -0.2) is 13.1 Å². The summed E-state index contributed by atoms with van der Waals surface area (Å²) in [6.07, 6.45) is 3.47. The molecule has 0 aliphatic heterocycles. The van der Waals surface area contributed by atoms with Gasteiger partial charge in [-0.1, -0.05) is 18.1 Å². The molecule has 1 heterocycles. The molecule has 0 amide bonds. The maximum atomic E-state index is 11.9. The van der Waals surface area contributed by atoms with Gasteiger partial charge in [-0.15, -0.1) is 10.2 Å². The molecular formula is C8H15N5O2S. The fraction of sp³-hybridized carbons (Fsp3) is 0.875. The van der Waals surface area contributed by atoms with Crippen LogP contribution in [0.5, 0.6) is 0 Å². The van der Waals surface area contributed by atoms with Crippen LogP contribution in [0.25, 0.3) is 0 Å². The zero-order valence-electron chi connectivity index (χ0n) is 9.05. The second kappa shape index (κ2) is 4.46. The Balaban J connectivity index is 2.03. The molecule has 90 valence electrons. The molecule has 1 atom stereocenters. The minimum Gasteiger partial charge on any atom is -0.212 e. The van der Waals surface area contributed by atoms with Gasteiger partial charge in [-0.3, -0.25) is 0 Å². The second-order valence-corrected chi connectivity index (χ2v) is 6.05. The van der Waals surface area contributed by atoms with Gasteiger partial charge in [0.05, 0.1) is 11.3 Å². The van der Waals surface area contributed by atoms with Crippen molar-refractivity contribution in [3.63, 3.8) is 0 Å². The Morgan fingerprint density at radius 3 is 2.69 bits per heavy atom. The van der Waals surface area contributed by atoms with Crippen molar-refractivity contribution >= 4 is 10.0 Å². The summed E-state index contributed by atoms with van der Waals surface area (Å²) in [5.74, 6) is 0.363. The molecular weight excluding hydrogens is 230 g/mol. The Morgan fingerprint density at radius 2 is 2.12 bits per heavy atom. The Morgan fingerprint density at radius 1 is 1.44 bits per heavy atom. The third kappa shape index (κ3) is 2.38. The van der Waals surface area contributed by atoms with Crippen molar-refractivity contribution in [2.45, 2.75) is 43.9 Å². The second-order valence-electron chi connectivity index (χ2n) is 4.06. The van der Waals surface area contributed by atoms with Gasteiger partial charge >= 0.3 is 0 Å². The summed E-state index contributed by atoms with van der Waals surface area (Å²) in [5.41, 5.74) is 0. The van der Waals surface area contributed by atoms with Crippen LogP contribution < -0.4 is 4.72 Å². The van der Waals surface area contributed by atoms with Crippen LogP contribution in [0.3, 0.4) is 0 Å². The van der Waals surface area contributed by atoms with Gasteiger partial charge < -0.3 is 0 Å². The van der Waals surface area contributed by atoms with Crippen molar-refractivity contribution in [2.24, 2.45) is 0 Å². The minimum absolute atomic E-state index is 0.262. The van der Waals surface area contributed by atoms with Gasteiger partial charge in [0.2, 0.25) is 10.0 Å². The molecule has 2 rings (SSSR count). The monoisotopic (exact) mass is 245 g/mol. The van der Waals surface area contributed by atoms with E-state index in [4.69, 9.17) is 0 Å². The van der Waals surface area contributed by atoms with E-state index in [2.05, 4.69) is 25.3 Å². The van der Waals surface area contributed by atoms with Gasteiger partial charge in [0.1, 0.15) is 0 Å². The smallest absolute Gasteiger partial charge is 0.212 e. The van der Waals surface area contributed by atoms with Gasteiger partial charge in [-0.05, 0) is 19.8 Å². The summed E-state index contributed by atoms with van der Waals surface area (Å²) in [7, 11) is -3.26. The van der Waals surface area contributed by atoms with Crippen molar-refractivity contribution in [3.8, 4) is 0 Å². The number of rotatable bonds is 4. The third-order valence-electron chi connectivity index (χ3n) is 2.83. The number of nitrogens with one attached hydrogen (secondary N) is 2. The molecule has 1 saturated carbocycles.